The fourth-order valence-corrected chi connectivity index (χ4v) is 0. The summed E-state index contributed by atoms with van der Waals surface area (Å²) in [4.78, 5) is 0. The molecule has 0 bridgehead atoms. The molecule has 2 nitrogen and oxygen atoms in total. The van der Waals surface area contributed by atoms with Gasteiger partial charge in [0.15, 0.2) is 0 Å². The molecule has 0 aliphatic rings. The molecule has 0 aliphatic carbocycles. The third-order valence-electron chi connectivity index (χ3n) is 0.211. The van der Waals surface area contributed by atoms with Crippen molar-refractivity contribution >= 4 is 0 Å². The van der Waals surface area contributed by atoms with Crippen LogP contribution in [0.5, 0.6) is 0 Å². The largest absolute Gasteiger partial charge is 0.389 e. The van der Waals surface area contributed by atoms with Gasteiger partial charge in [-0.15, -0.1) is 0 Å². The lowest BCUT2D eigenvalue weighted by molar-refractivity contribution is 0.129. The normalized spacial score (nSPS) is 14.8. The van der Waals surface area contributed by atoms with Crippen molar-refractivity contribution in [1.29, 1.82) is 0 Å². The minimum Gasteiger partial charge on any atom is -0.389 e. The highest BCUT2D eigenvalue weighted by Crippen LogP contribution is 1.67. The molecule has 0 heterocycles. The van der Waals surface area contributed by atoms with Gasteiger partial charge in [-0.3, -0.25) is 0 Å². The topological polar surface area (TPSA) is 40.5 Å². The lowest BCUT2D eigenvalue weighted by atomic mass is 10.5. The number of aliphatic hydroxyl groups excluding tert-OH is 2. The Morgan fingerprint density at radius 1 is 1.80 bits per heavy atom. The van der Waals surface area contributed by atoms with Crippen LogP contribution in [0, 0.1) is 6.92 Å². The van der Waals surface area contributed by atoms with Crippen LogP contribution in [0.3, 0.4) is 0 Å². The zero-order valence-corrected chi connectivity index (χ0v) is 2.89. The van der Waals surface area contributed by atoms with E-state index in [1.807, 2.05) is 0 Å². The summed E-state index contributed by atoms with van der Waals surface area (Å²) in [6.45, 7) is 2.81. The van der Waals surface area contributed by atoms with E-state index in [0.29, 0.717) is 0 Å². The van der Waals surface area contributed by atoms with Gasteiger partial charge in [0.25, 0.3) is 0 Å². The van der Waals surface area contributed by atoms with Crippen molar-refractivity contribution < 1.29 is 10.2 Å². The van der Waals surface area contributed by atoms with Crippen molar-refractivity contribution in [3.05, 3.63) is 6.92 Å². The second kappa shape index (κ2) is 2.05. The monoisotopic (exact) mass is 75.0 g/mol. The average molecular weight is 75.1 g/mol. The van der Waals surface area contributed by atoms with Gasteiger partial charge >= 0.3 is 0 Å². The summed E-state index contributed by atoms with van der Waals surface area (Å²) >= 11 is 0. The van der Waals surface area contributed by atoms with Gasteiger partial charge in [-0.1, -0.05) is 0 Å². The molecule has 0 radical (unpaired) electrons. The number of hydrogen-bond acceptors (Lipinski definition) is 2. The Morgan fingerprint density at radius 3 is 2.00 bits per heavy atom. The van der Waals surface area contributed by atoms with Crippen LogP contribution in [-0.2, 0) is 0 Å². The molecule has 5 heavy (non-hydrogen) atoms. The van der Waals surface area contributed by atoms with E-state index in [9.17, 15) is 0 Å². The Kier molecular flexibility index (Phi) is 1.97. The Labute approximate surface area is 31.1 Å². The Bertz CT molecular complexity index is 18.9. The molecule has 0 aromatic carbocycles. The van der Waals surface area contributed by atoms with Crippen molar-refractivity contribution in [2.24, 2.45) is 0 Å². The van der Waals surface area contributed by atoms with E-state index in [2.05, 4.69) is 6.92 Å². The van der Waals surface area contributed by atoms with Gasteiger partial charge in [0.1, 0.15) is 6.61 Å². The standard InChI is InChI=1S/C3H7O2/c1-3(5)2-4/h3-5H,1-2H2/q+1. The van der Waals surface area contributed by atoms with Crippen molar-refractivity contribution in [1.82, 2.24) is 0 Å². The lowest BCUT2D eigenvalue weighted by Crippen LogP contribution is -2.04. The van der Waals surface area contributed by atoms with E-state index < -0.39 is 6.10 Å². The van der Waals surface area contributed by atoms with E-state index in [1.165, 1.54) is 0 Å². The summed E-state index contributed by atoms with van der Waals surface area (Å²) in [5, 5.41) is 15.8. The highest BCUT2D eigenvalue weighted by Gasteiger charge is 1.93. The van der Waals surface area contributed by atoms with Crippen LogP contribution in [0.15, 0.2) is 0 Å². The van der Waals surface area contributed by atoms with E-state index in [-0.39, 0.29) is 6.61 Å². The number of aliphatic hydroxyl groups is 2. The van der Waals surface area contributed by atoms with Crippen molar-refractivity contribution in [2.75, 3.05) is 6.61 Å². The third kappa shape index (κ3) is 3.79. The van der Waals surface area contributed by atoms with Gasteiger partial charge in [-0.2, -0.15) is 0 Å². The molecule has 30 valence electrons. The summed E-state index contributed by atoms with van der Waals surface area (Å²) < 4.78 is 0. The summed E-state index contributed by atoms with van der Waals surface area (Å²) in [5.41, 5.74) is 0. The predicted octanol–water partition coefficient (Wildman–Crippen LogP) is -0.826. The van der Waals surface area contributed by atoms with Gasteiger partial charge in [-0.25, -0.2) is 0 Å². The molecule has 0 amide bonds. The van der Waals surface area contributed by atoms with Gasteiger partial charge in [0.05, 0.1) is 6.92 Å². The highest BCUT2D eigenvalue weighted by atomic mass is 16.3. The predicted molar refractivity (Wildman–Crippen MR) is 18.4 cm³/mol. The Morgan fingerprint density at radius 2 is 2.00 bits per heavy atom. The van der Waals surface area contributed by atoms with Crippen LogP contribution < -0.4 is 0 Å². The van der Waals surface area contributed by atoms with Gasteiger partial charge in [0, 0.05) is 0 Å². The van der Waals surface area contributed by atoms with Crippen LogP contribution in [0.4, 0.5) is 0 Å². The minimum absolute atomic E-state index is 0.250. The van der Waals surface area contributed by atoms with Crippen LogP contribution in [0.1, 0.15) is 0 Å². The van der Waals surface area contributed by atoms with Crippen LogP contribution in [0.25, 0.3) is 0 Å². The fraction of sp³-hybridized carbons (Fsp3) is 0.667. The van der Waals surface area contributed by atoms with E-state index >= 15 is 0 Å². The van der Waals surface area contributed by atoms with Gasteiger partial charge < -0.3 is 10.2 Å². The van der Waals surface area contributed by atoms with E-state index in [1.54, 1.807) is 0 Å². The van der Waals surface area contributed by atoms with Crippen LogP contribution in [0.2, 0.25) is 0 Å². The smallest absolute Gasteiger partial charge is 0.215 e. The fourth-order valence-electron chi connectivity index (χ4n) is 0. The molecule has 0 saturated heterocycles. The average Bonchev–Trinajstić information content (AvgIpc) is 1.38. The minimum atomic E-state index is -0.810. The maximum Gasteiger partial charge on any atom is 0.215 e. The van der Waals surface area contributed by atoms with Gasteiger partial charge in [-0.05, 0) is 0 Å². The third-order valence-corrected chi connectivity index (χ3v) is 0.211. The zero-order valence-electron chi connectivity index (χ0n) is 2.89. The quantitative estimate of drug-likeness (QED) is 0.399. The first-order valence-electron chi connectivity index (χ1n) is 1.39. The first-order chi connectivity index (χ1) is 2.27. The van der Waals surface area contributed by atoms with Crippen LogP contribution >= 0.6 is 0 Å². The van der Waals surface area contributed by atoms with Crippen molar-refractivity contribution in [2.45, 2.75) is 6.10 Å². The first kappa shape index (κ1) is 4.79. The van der Waals surface area contributed by atoms with Crippen molar-refractivity contribution in [3.8, 4) is 0 Å². The maximum atomic E-state index is 8.00. The second-order valence-electron chi connectivity index (χ2n) is 0.836. The highest BCUT2D eigenvalue weighted by molar-refractivity contribution is 4.49. The molecular weight excluding hydrogens is 68.0 g/mol. The second-order valence-corrected chi connectivity index (χ2v) is 0.836. The van der Waals surface area contributed by atoms with E-state index in [4.69, 9.17) is 10.2 Å². The molecule has 1 unspecified atom stereocenters. The summed E-state index contributed by atoms with van der Waals surface area (Å²) in [6, 6.07) is 0. The Balaban J connectivity index is 2.54. The summed E-state index contributed by atoms with van der Waals surface area (Å²) in [6.07, 6.45) is -0.810. The molecule has 0 aromatic rings. The van der Waals surface area contributed by atoms with Crippen molar-refractivity contribution in [3.63, 3.8) is 0 Å². The maximum absolute atomic E-state index is 8.00. The molecule has 0 spiro atoms. The molecule has 0 rings (SSSR count). The molecule has 1 atom stereocenters. The summed E-state index contributed by atoms with van der Waals surface area (Å²) in [7, 11) is 0. The molecule has 0 fully saturated rings. The number of hydrogen-bond donors (Lipinski definition) is 2. The Hall–Kier alpha value is -0.210. The molecule has 0 aliphatic heterocycles. The molecule has 0 aromatic heterocycles. The lowest BCUT2D eigenvalue weighted by Gasteiger charge is -1.81. The summed E-state index contributed by atoms with van der Waals surface area (Å²) in [5.74, 6) is 0. The zero-order chi connectivity index (χ0) is 4.28. The molecule has 0 saturated carbocycles. The molecule has 2 heteroatoms. The van der Waals surface area contributed by atoms with Gasteiger partial charge in [0.2, 0.25) is 6.10 Å². The van der Waals surface area contributed by atoms with E-state index in [0.717, 1.165) is 0 Å². The molecule has 2 N–H and O–H groups in total. The SMILES string of the molecule is [CH2+]C(O)CO. The first-order valence-corrected chi connectivity index (χ1v) is 1.39. The number of rotatable bonds is 1. The molecular formula is C3H7O2+. The van der Waals surface area contributed by atoms with Crippen LogP contribution in [-0.4, -0.2) is 22.9 Å².